The van der Waals surface area contributed by atoms with E-state index in [-0.39, 0.29) is 35.7 Å². The minimum absolute atomic E-state index is 0.00476. The molecular formula is C20H22N4O6S2. The Hall–Kier alpha value is -2.80. The van der Waals surface area contributed by atoms with E-state index in [2.05, 4.69) is 10.6 Å². The third-order valence-electron chi connectivity index (χ3n) is 5.15. The summed E-state index contributed by atoms with van der Waals surface area (Å²) in [6.45, 7) is 1.48. The standard InChI is InChI=1S/C20H22N4O6S2/c25-17-12-22-20(27)24(17)13-14-3-1-2-4-16(14)19(26)21-11-15-5-6-18(31-15)32(28,29)23-7-9-30-10-8-23/h1-6H,7-13H2,(H,21,26)(H,22,27). The van der Waals surface area contributed by atoms with E-state index in [0.717, 1.165) is 16.2 Å². The number of imide groups is 1. The van der Waals surface area contributed by atoms with Gasteiger partial charge in [0.05, 0.1) is 32.8 Å². The number of sulfonamides is 1. The fraction of sp³-hybridized carbons (Fsp3) is 0.350. The summed E-state index contributed by atoms with van der Waals surface area (Å²) in [7, 11) is -3.58. The van der Waals surface area contributed by atoms with Gasteiger partial charge in [-0.3, -0.25) is 14.5 Å². The van der Waals surface area contributed by atoms with Gasteiger partial charge in [-0.2, -0.15) is 4.31 Å². The van der Waals surface area contributed by atoms with Crippen molar-refractivity contribution in [1.29, 1.82) is 0 Å². The maximum absolute atomic E-state index is 12.8. The number of nitrogens with one attached hydrogen (secondary N) is 2. The van der Waals surface area contributed by atoms with Crippen LogP contribution in [0.15, 0.2) is 40.6 Å². The molecule has 3 heterocycles. The van der Waals surface area contributed by atoms with Crippen molar-refractivity contribution >= 4 is 39.2 Å². The molecule has 1 aromatic heterocycles. The maximum atomic E-state index is 12.8. The monoisotopic (exact) mass is 478 g/mol. The Morgan fingerprint density at radius 1 is 1.12 bits per heavy atom. The van der Waals surface area contributed by atoms with E-state index in [1.165, 1.54) is 4.31 Å². The highest BCUT2D eigenvalue weighted by atomic mass is 32.2. The van der Waals surface area contributed by atoms with Crippen molar-refractivity contribution in [3.8, 4) is 0 Å². The molecule has 0 aliphatic carbocycles. The predicted molar refractivity (Wildman–Crippen MR) is 115 cm³/mol. The van der Waals surface area contributed by atoms with Gasteiger partial charge in [0.25, 0.3) is 15.9 Å². The van der Waals surface area contributed by atoms with Crippen molar-refractivity contribution in [1.82, 2.24) is 19.8 Å². The van der Waals surface area contributed by atoms with E-state index < -0.39 is 16.1 Å². The third-order valence-corrected chi connectivity index (χ3v) is 8.60. The number of hydrogen-bond donors (Lipinski definition) is 2. The van der Waals surface area contributed by atoms with Crippen molar-refractivity contribution in [2.75, 3.05) is 32.8 Å². The van der Waals surface area contributed by atoms with Gasteiger partial charge in [-0.05, 0) is 23.8 Å². The Labute approximate surface area is 189 Å². The summed E-state index contributed by atoms with van der Waals surface area (Å²) in [5.74, 6) is -0.726. The Morgan fingerprint density at radius 3 is 2.59 bits per heavy atom. The first-order chi connectivity index (χ1) is 15.4. The molecule has 10 nitrogen and oxygen atoms in total. The summed E-state index contributed by atoms with van der Waals surface area (Å²) < 4.78 is 32.3. The van der Waals surface area contributed by atoms with Gasteiger partial charge in [-0.1, -0.05) is 18.2 Å². The molecule has 0 spiro atoms. The van der Waals surface area contributed by atoms with Gasteiger partial charge < -0.3 is 15.4 Å². The maximum Gasteiger partial charge on any atom is 0.324 e. The predicted octanol–water partition coefficient (Wildman–Crippen LogP) is 0.751. The molecule has 12 heteroatoms. The smallest absolute Gasteiger partial charge is 0.324 e. The first-order valence-corrected chi connectivity index (χ1v) is 12.2. The van der Waals surface area contributed by atoms with E-state index in [1.807, 2.05) is 0 Å². The van der Waals surface area contributed by atoms with Crippen molar-refractivity contribution in [2.24, 2.45) is 0 Å². The van der Waals surface area contributed by atoms with Crippen molar-refractivity contribution in [3.05, 3.63) is 52.4 Å². The average Bonchev–Trinajstić information content (AvgIpc) is 3.41. The lowest BCUT2D eigenvalue weighted by Gasteiger charge is -2.25. The van der Waals surface area contributed by atoms with Crippen molar-refractivity contribution in [3.63, 3.8) is 0 Å². The first kappa shape index (κ1) is 22.4. The van der Waals surface area contributed by atoms with Gasteiger partial charge in [0, 0.05) is 23.5 Å². The molecule has 0 unspecified atom stereocenters. The molecule has 2 aliphatic rings. The zero-order valence-electron chi connectivity index (χ0n) is 17.1. The largest absolute Gasteiger partial charge is 0.379 e. The molecule has 1 aromatic carbocycles. The van der Waals surface area contributed by atoms with Crippen LogP contribution in [-0.2, 0) is 32.6 Å². The second kappa shape index (κ2) is 9.36. The van der Waals surface area contributed by atoms with Gasteiger partial charge in [0.2, 0.25) is 5.91 Å². The molecule has 2 aromatic rings. The zero-order chi connectivity index (χ0) is 22.7. The van der Waals surface area contributed by atoms with Crippen LogP contribution in [0.2, 0.25) is 0 Å². The van der Waals surface area contributed by atoms with E-state index in [1.54, 1.807) is 36.4 Å². The highest BCUT2D eigenvalue weighted by Crippen LogP contribution is 2.25. The Bertz CT molecular complexity index is 1120. The zero-order valence-corrected chi connectivity index (χ0v) is 18.7. The molecule has 2 fully saturated rings. The number of amides is 4. The minimum atomic E-state index is -3.58. The van der Waals surface area contributed by atoms with E-state index in [9.17, 15) is 22.8 Å². The van der Waals surface area contributed by atoms with Gasteiger partial charge in [-0.15, -0.1) is 11.3 Å². The van der Waals surface area contributed by atoms with Crippen LogP contribution in [0.4, 0.5) is 4.79 Å². The molecule has 2 saturated heterocycles. The lowest BCUT2D eigenvalue weighted by molar-refractivity contribution is -0.125. The number of nitrogens with zero attached hydrogens (tertiary/aromatic N) is 2. The van der Waals surface area contributed by atoms with Crippen molar-refractivity contribution < 1.29 is 27.5 Å². The van der Waals surface area contributed by atoms with Gasteiger partial charge in [0.15, 0.2) is 0 Å². The van der Waals surface area contributed by atoms with Crippen LogP contribution < -0.4 is 10.6 Å². The van der Waals surface area contributed by atoms with E-state index in [4.69, 9.17) is 4.74 Å². The number of hydrogen-bond acceptors (Lipinski definition) is 7. The summed E-state index contributed by atoms with van der Waals surface area (Å²) in [4.78, 5) is 38.2. The van der Waals surface area contributed by atoms with Gasteiger partial charge >= 0.3 is 6.03 Å². The van der Waals surface area contributed by atoms with Crippen LogP contribution in [-0.4, -0.2) is 68.3 Å². The normalized spacial score (nSPS) is 17.4. The van der Waals surface area contributed by atoms with Crippen LogP contribution in [0.3, 0.4) is 0 Å². The summed E-state index contributed by atoms with van der Waals surface area (Å²) in [6, 6.07) is 9.46. The number of thiophene rings is 1. The summed E-state index contributed by atoms with van der Waals surface area (Å²) in [6.07, 6.45) is 0. The van der Waals surface area contributed by atoms with Crippen LogP contribution in [0.25, 0.3) is 0 Å². The lowest BCUT2D eigenvalue weighted by atomic mass is 10.1. The van der Waals surface area contributed by atoms with Crippen LogP contribution in [0, 0.1) is 0 Å². The Balaban J connectivity index is 1.42. The minimum Gasteiger partial charge on any atom is -0.379 e. The summed E-state index contributed by atoms with van der Waals surface area (Å²) in [5.41, 5.74) is 0.884. The molecule has 0 saturated carbocycles. The highest BCUT2D eigenvalue weighted by Gasteiger charge is 2.30. The number of carbonyl (C=O) groups is 3. The fourth-order valence-electron chi connectivity index (χ4n) is 3.43. The van der Waals surface area contributed by atoms with Crippen LogP contribution in [0.1, 0.15) is 20.8 Å². The topological polar surface area (TPSA) is 125 Å². The molecule has 4 rings (SSSR count). The molecule has 2 aliphatic heterocycles. The fourth-order valence-corrected chi connectivity index (χ4v) is 6.29. The molecule has 32 heavy (non-hydrogen) atoms. The number of rotatable bonds is 7. The highest BCUT2D eigenvalue weighted by molar-refractivity contribution is 7.91. The van der Waals surface area contributed by atoms with E-state index in [0.29, 0.717) is 42.3 Å². The quantitative estimate of drug-likeness (QED) is 0.566. The summed E-state index contributed by atoms with van der Waals surface area (Å²) >= 11 is 1.11. The molecule has 0 radical (unpaired) electrons. The molecule has 170 valence electrons. The summed E-state index contributed by atoms with van der Waals surface area (Å²) in [5, 5.41) is 5.24. The number of carbonyl (C=O) groups excluding carboxylic acids is 3. The van der Waals surface area contributed by atoms with Crippen LogP contribution >= 0.6 is 11.3 Å². The molecular weight excluding hydrogens is 456 g/mol. The Kier molecular flexibility index (Phi) is 6.55. The van der Waals surface area contributed by atoms with Gasteiger partial charge in [-0.25, -0.2) is 13.2 Å². The van der Waals surface area contributed by atoms with Gasteiger partial charge in [0.1, 0.15) is 4.21 Å². The Morgan fingerprint density at radius 2 is 1.88 bits per heavy atom. The average molecular weight is 479 g/mol. The van der Waals surface area contributed by atoms with E-state index >= 15 is 0 Å². The molecule has 0 bridgehead atoms. The molecule has 0 atom stereocenters. The van der Waals surface area contributed by atoms with Crippen molar-refractivity contribution in [2.45, 2.75) is 17.3 Å². The first-order valence-electron chi connectivity index (χ1n) is 9.97. The second-order valence-electron chi connectivity index (χ2n) is 7.22. The third kappa shape index (κ3) is 4.67. The number of urea groups is 1. The molecule has 2 N–H and O–H groups in total. The second-order valence-corrected chi connectivity index (χ2v) is 10.5. The van der Waals surface area contributed by atoms with Crippen LogP contribution in [0.5, 0.6) is 0 Å². The lowest BCUT2D eigenvalue weighted by Crippen LogP contribution is -2.40. The molecule has 4 amide bonds. The number of benzene rings is 1. The number of ether oxygens (including phenoxy) is 1. The number of morpholine rings is 1. The SMILES string of the molecule is O=C(NCc1ccc(S(=O)(=O)N2CCOCC2)s1)c1ccccc1CN1C(=O)CNC1=O.